The Balaban J connectivity index is 1.73. The molecule has 1 atom stereocenters. The monoisotopic (exact) mass is 503 g/mol. The summed E-state index contributed by atoms with van der Waals surface area (Å²) in [6.07, 6.45) is 1.75. The van der Waals surface area contributed by atoms with Crippen LogP contribution >= 0.6 is 23.1 Å². The molecule has 0 fully saturated rings. The van der Waals surface area contributed by atoms with Gasteiger partial charge in [-0.2, -0.15) is 0 Å². The zero-order valence-electron chi connectivity index (χ0n) is 19.7. The summed E-state index contributed by atoms with van der Waals surface area (Å²) >= 11 is 2.67. The standard InChI is InChI=1S/C24H29N3O5S2/c1-5-7-20(29)25-16-8-6-9-17(12-16)33-14(2)22(30)26-23-21(24(31)32-4)18-10-11-27(15(3)28)13-19(18)34-23/h6,8-9,12,14H,5,7,10-11,13H2,1-4H3,(H,25,29)(H,26,30). The van der Waals surface area contributed by atoms with Gasteiger partial charge < -0.3 is 20.3 Å². The second kappa shape index (κ2) is 11.5. The van der Waals surface area contributed by atoms with E-state index in [9.17, 15) is 19.2 Å². The van der Waals surface area contributed by atoms with Crippen LogP contribution in [-0.4, -0.2) is 47.5 Å². The molecule has 182 valence electrons. The van der Waals surface area contributed by atoms with Crippen LogP contribution in [0.15, 0.2) is 29.2 Å². The van der Waals surface area contributed by atoms with Crippen molar-refractivity contribution in [3.05, 3.63) is 40.3 Å². The number of nitrogens with zero attached hydrogens (tertiary/aromatic N) is 1. The van der Waals surface area contributed by atoms with Crippen LogP contribution < -0.4 is 10.6 Å². The van der Waals surface area contributed by atoms with E-state index in [-0.39, 0.29) is 17.7 Å². The van der Waals surface area contributed by atoms with Crippen molar-refractivity contribution < 1.29 is 23.9 Å². The van der Waals surface area contributed by atoms with Crippen molar-refractivity contribution in [2.24, 2.45) is 0 Å². The smallest absolute Gasteiger partial charge is 0.341 e. The van der Waals surface area contributed by atoms with Gasteiger partial charge in [-0.1, -0.05) is 13.0 Å². The van der Waals surface area contributed by atoms with Gasteiger partial charge in [-0.25, -0.2) is 4.79 Å². The van der Waals surface area contributed by atoms with Crippen LogP contribution in [0.1, 0.15) is 54.4 Å². The summed E-state index contributed by atoms with van der Waals surface area (Å²) in [7, 11) is 1.31. The van der Waals surface area contributed by atoms with Crippen molar-refractivity contribution in [1.82, 2.24) is 4.90 Å². The molecular formula is C24H29N3O5S2. The second-order valence-corrected chi connectivity index (χ2v) is 10.5. The molecule has 0 bridgehead atoms. The summed E-state index contributed by atoms with van der Waals surface area (Å²) in [4.78, 5) is 52.6. The molecule has 3 amide bonds. The molecule has 2 heterocycles. The molecule has 2 aromatic rings. The number of amides is 3. The predicted octanol–water partition coefficient (Wildman–Crippen LogP) is 4.30. The second-order valence-electron chi connectivity index (χ2n) is 7.97. The molecule has 0 aliphatic carbocycles. The fourth-order valence-electron chi connectivity index (χ4n) is 3.65. The molecule has 1 unspecified atom stereocenters. The van der Waals surface area contributed by atoms with Gasteiger partial charge in [-0.15, -0.1) is 23.1 Å². The van der Waals surface area contributed by atoms with Gasteiger partial charge >= 0.3 is 5.97 Å². The molecule has 1 aliphatic rings. The van der Waals surface area contributed by atoms with Gasteiger partial charge in [0.15, 0.2) is 0 Å². The van der Waals surface area contributed by atoms with Crippen LogP contribution in [0.25, 0.3) is 0 Å². The van der Waals surface area contributed by atoms with Gasteiger partial charge in [0.1, 0.15) is 5.00 Å². The SMILES string of the molecule is CCCC(=O)Nc1cccc(SC(C)C(=O)Nc2sc3c(c2C(=O)OC)CCN(C(C)=O)C3)c1. The highest BCUT2D eigenvalue weighted by atomic mass is 32.2. The van der Waals surface area contributed by atoms with E-state index in [1.807, 2.05) is 31.2 Å². The Hall–Kier alpha value is -2.85. The van der Waals surface area contributed by atoms with E-state index in [4.69, 9.17) is 4.74 Å². The van der Waals surface area contributed by atoms with Gasteiger partial charge in [0.05, 0.1) is 24.5 Å². The highest BCUT2D eigenvalue weighted by Crippen LogP contribution is 2.38. The minimum atomic E-state index is -0.500. The number of ether oxygens (including phenoxy) is 1. The summed E-state index contributed by atoms with van der Waals surface area (Å²) < 4.78 is 4.97. The Morgan fingerprint density at radius 2 is 2.00 bits per heavy atom. The lowest BCUT2D eigenvalue weighted by Gasteiger charge is -2.25. The van der Waals surface area contributed by atoms with Gasteiger partial charge in [-0.05, 0) is 43.5 Å². The van der Waals surface area contributed by atoms with Gasteiger partial charge in [0.2, 0.25) is 17.7 Å². The molecule has 8 nitrogen and oxygen atoms in total. The lowest BCUT2D eigenvalue weighted by atomic mass is 10.0. The fourth-order valence-corrected chi connectivity index (χ4v) is 5.83. The van der Waals surface area contributed by atoms with Gasteiger partial charge in [0, 0.05) is 35.3 Å². The Morgan fingerprint density at radius 1 is 1.24 bits per heavy atom. The van der Waals surface area contributed by atoms with Crippen molar-refractivity contribution in [3.63, 3.8) is 0 Å². The molecule has 3 rings (SSSR count). The van der Waals surface area contributed by atoms with Gasteiger partial charge in [0.25, 0.3) is 0 Å². The molecule has 1 aliphatic heterocycles. The molecule has 1 aromatic carbocycles. The number of esters is 1. The summed E-state index contributed by atoms with van der Waals surface area (Å²) in [5.74, 6) is -0.823. The number of benzene rings is 1. The predicted molar refractivity (Wildman–Crippen MR) is 134 cm³/mol. The number of fused-ring (bicyclic) bond motifs is 1. The van der Waals surface area contributed by atoms with E-state index in [0.29, 0.717) is 42.2 Å². The number of hydrogen-bond acceptors (Lipinski definition) is 7. The molecule has 34 heavy (non-hydrogen) atoms. The number of carbonyl (C=O) groups excluding carboxylic acids is 4. The number of anilines is 2. The van der Waals surface area contributed by atoms with Crippen LogP contribution in [0.2, 0.25) is 0 Å². The molecule has 0 saturated heterocycles. The van der Waals surface area contributed by atoms with Crippen LogP contribution in [-0.2, 0) is 32.1 Å². The van der Waals surface area contributed by atoms with E-state index in [0.717, 1.165) is 21.8 Å². The first kappa shape index (κ1) is 25.8. The van der Waals surface area contributed by atoms with Crippen LogP contribution in [0.5, 0.6) is 0 Å². The third kappa shape index (κ3) is 6.18. The summed E-state index contributed by atoms with van der Waals surface area (Å²) in [6, 6.07) is 7.36. The molecule has 0 radical (unpaired) electrons. The molecule has 10 heteroatoms. The maximum atomic E-state index is 13.0. The normalized spacial score (nSPS) is 13.6. The van der Waals surface area contributed by atoms with Crippen LogP contribution in [0, 0.1) is 0 Å². The molecule has 0 saturated carbocycles. The summed E-state index contributed by atoms with van der Waals surface area (Å²) in [6.45, 7) is 6.18. The third-order valence-corrected chi connectivity index (χ3v) is 7.63. The number of methoxy groups -OCH3 is 1. The fraction of sp³-hybridized carbons (Fsp3) is 0.417. The van der Waals surface area contributed by atoms with Crippen molar-refractivity contribution >= 4 is 57.5 Å². The number of nitrogens with one attached hydrogen (secondary N) is 2. The maximum Gasteiger partial charge on any atom is 0.341 e. The maximum absolute atomic E-state index is 13.0. The minimum absolute atomic E-state index is 0.0256. The Bertz CT molecular complexity index is 1100. The lowest BCUT2D eigenvalue weighted by Crippen LogP contribution is -2.33. The highest BCUT2D eigenvalue weighted by molar-refractivity contribution is 8.00. The number of thioether (sulfide) groups is 1. The average Bonchev–Trinajstić information content (AvgIpc) is 3.15. The van der Waals surface area contributed by atoms with Crippen molar-refractivity contribution in [2.45, 2.75) is 56.7 Å². The topological polar surface area (TPSA) is 105 Å². The molecule has 2 N–H and O–H groups in total. The van der Waals surface area contributed by atoms with E-state index in [1.165, 1.54) is 37.1 Å². The van der Waals surface area contributed by atoms with E-state index in [2.05, 4.69) is 10.6 Å². The number of carbonyl (C=O) groups is 4. The van der Waals surface area contributed by atoms with Crippen molar-refractivity contribution in [3.8, 4) is 0 Å². The molecule has 1 aromatic heterocycles. The number of hydrogen-bond donors (Lipinski definition) is 2. The first-order chi connectivity index (χ1) is 16.2. The van der Waals surface area contributed by atoms with E-state index in [1.54, 1.807) is 11.8 Å². The average molecular weight is 504 g/mol. The summed E-state index contributed by atoms with van der Waals surface area (Å²) in [5, 5.41) is 5.74. The zero-order valence-corrected chi connectivity index (χ0v) is 21.4. The number of thiophene rings is 1. The Kier molecular flexibility index (Phi) is 8.73. The van der Waals surface area contributed by atoms with Crippen molar-refractivity contribution in [2.75, 3.05) is 24.3 Å². The van der Waals surface area contributed by atoms with Crippen LogP contribution in [0.4, 0.5) is 10.7 Å². The number of rotatable bonds is 8. The Labute approximate surface area is 207 Å². The lowest BCUT2D eigenvalue weighted by molar-refractivity contribution is -0.129. The first-order valence-electron chi connectivity index (χ1n) is 11.1. The highest BCUT2D eigenvalue weighted by Gasteiger charge is 2.30. The van der Waals surface area contributed by atoms with Gasteiger partial charge in [-0.3, -0.25) is 14.4 Å². The molecular weight excluding hydrogens is 474 g/mol. The zero-order chi connectivity index (χ0) is 24.8. The van der Waals surface area contributed by atoms with E-state index < -0.39 is 11.2 Å². The summed E-state index contributed by atoms with van der Waals surface area (Å²) in [5.41, 5.74) is 1.89. The van der Waals surface area contributed by atoms with E-state index >= 15 is 0 Å². The Morgan fingerprint density at radius 3 is 2.68 bits per heavy atom. The first-order valence-corrected chi connectivity index (χ1v) is 12.8. The van der Waals surface area contributed by atoms with Crippen LogP contribution in [0.3, 0.4) is 0 Å². The largest absolute Gasteiger partial charge is 0.465 e. The third-order valence-electron chi connectivity index (χ3n) is 5.41. The molecule has 0 spiro atoms. The minimum Gasteiger partial charge on any atom is -0.465 e. The van der Waals surface area contributed by atoms with Crippen molar-refractivity contribution in [1.29, 1.82) is 0 Å². The quantitative estimate of drug-likeness (QED) is 0.411.